The van der Waals surface area contributed by atoms with E-state index in [1.54, 1.807) is 4.68 Å². The zero-order valence-corrected chi connectivity index (χ0v) is 23.0. The van der Waals surface area contributed by atoms with Gasteiger partial charge in [-0.2, -0.15) is 4.98 Å². The summed E-state index contributed by atoms with van der Waals surface area (Å²) in [7, 11) is 0. The molecule has 2 heterocycles. The zero-order chi connectivity index (χ0) is 25.1. The largest absolute Gasteiger partial charge is 0.494 e. The highest BCUT2D eigenvalue weighted by molar-refractivity contribution is 9.10. The first-order chi connectivity index (χ1) is 16.8. The number of fused-ring (bicyclic) bond motifs is 1. The molecule has 3 aromatic rings. The number of nitrogens with zero attached hydrogens (tertiary/aromatic N) is 3. The fourth-order valence-electron chi connectivity index (χ4n) is 3.80. The third kappa shape index (κ3) is 5.68. The van der Waals surface area contributed by atoms with Gasteiger partial charge in [-0.1, -0.05) is 57.5 Å². The van der Waals surface area contributed by atoms with Gasteiger partial charge in [0.15, 0.2) is 0 Å². The minimum Gasteiger partial charge on any atom is -0.494 e. The van der Waals surface area contributed by atoms with E-state index in [-0.39, 0.29) is 6.10 Å². The van der Waals surface area contributed by atoms with Gasteiger partial charge in [0.1, 0.15) is 11.8 Å². The molecule has 1 atom stereocenters. The maximum Gasteiger partial charge on any atom is 0.338 e. The molecule has 1 aromatic heterocycles. The van der Waals surface area contributed by atoms with Crippen molar-refractivity contribution >= 4 is 51.2 Å². The molecule has 184 valence electrons. The maximum absolute atomic E-state index is 13.3. The van der Waals surface area contributed by atoms with E-state index in [9.17, 15) is 4.79 Å². The van der Waals surface area contributed by atoms with E-state index in [1.165, 1.54) is 11.8 Å². The molecule has 2 aromatic carbocycles. The first-order valence-electron chi connectivity index (χ1n) is 11.2. The minimum absolute atomic E-state index is 0.267. The van der Waals surface area contributed by atoms with Gasteiger partial charge in [0.25, 0.3) is 0 Å². The summed E-state index contributed by atoms with van der Waals surface area (Å²) in [6.45, 7) is 7.91. The van der Waals surface area contributed by atoms with Crippen LogP contribution in [-0.4, -0.2) is 33.4 Å². The van der Waals surface area contributed by atoms with Crippen molar-refractivity contribution in [3.05, 3.63) is 74.4 Å². The molecule has 1 aliphatic rings. The molecule has 0 saturated heterocycles. The van der Waals surface area contributed by atoms with Crippen LogP contribution < -0.4 is 10.1 Å². The molecule has 0 amide bonds. The van der Waals surface area contributed by atoms with Crippen molar-refractivity contribution < 1.29 is 14.3 Å². The van der Waals surface area contributed by atoms with E-state index in [0.717, 1.165) is 15.6 Å². The highest BCUT2D eigenvalue weighted by Gasteiger charge is 2.37. The monoisotopic (exact) mass is 576 g/mol. The summed E-state index contributed by atoms with van der Waals surface area (Å²) in [5.74, 6) is 1.40. The average Bonchev–Trinajstić information content (AvgIpc) is 3.20. The Morgan fingerprint density at radius 2 is 2.06 bits per heavy atom. The van der Waals surface area contributed by atoms with Crippen LogP contribution >= 0.6 is 39.3 Å². The third-order valence-corrected chi connectivity index (χ3v) is 7.03. The number of allylic oxidation sites excluding steroid dienone is 1. The number of ether oxygens (including phenoxy) is 2. The number of rotatable bonds is 8. The molecule has 1 N–H and O–H groups in total. The van der Waals surface area contributed by atoms with Crippen LogP contribution in [0.2, 0.25) is 5.02 Å². The molecular formula is C25H26BrClN4O3S. The first-order valence-corrected chi connectivity index (χ1v) is 13.4. The van der Waals surface area contributed by atoms with Gasteiger partial charge in [0.2, 0.25) is 11.1 Å². The standard InChI is InChI=1S/C25H26BrClN4O3S/c1-5-33-20-11-10-17(26)12-18(20)22-21(23(32)34-14(2)3)15(4)28-24-29-25(30-31(22)24)35-13-16-8-6-7-9-19(16)27/h6-12,14,22H,5,13H2,1-4H3,(H,28,29,30). The predicted octanol–water partition coefficient (Wildman–Crippen LogP) is 6.63. The van der Waals surface area contributed by atoms with E-state index in [2.05, 4.69) is 21.2 Å². The van der Waals surface area contributed by atoms with E-state index < -0.39 is 12.0 Å². The number of aromatic nitrogens is 3. The fraction of sp³-hybridized carbons (Fsp3) is 0.320. The lowest BCUT2D eigenvalue weighted by Crippen LogP contribution is -2.31. The fourth-order valence-corrected chi connectivity index (χ4v) is 5.29. The van der Waals surface area contributed by atoms with Crippen LogP contribution in [0, 0.1) is 0 Å². The van der Waals surface area contributed by atoms with Crippen molar-refractivity contribution in [1.82, 2.24) is 14.8 Å². The van der Waals surface area contributed by atoms with Gasteiger partial charge in [0.05, 0.1) is 18.3 Å². The second-order valence-corrected chi connectivity index (χ2v) is 10.4. The topological polar surface area (TPSA) is 78.3 Å². The lowest BCUT2D eigenvalue weighted by Gasteiger charge is -2.29. The number of benzene rings is 2. The van der Waals surface area contributed by atoms with Crippen molar-refractivity contribution in [3.63, 3.8) is 0 Å². The van der Waals surface area contributed by atoms with Gasteiger partial charge in [-0.05, 0) is 57.5 Å². The lowest BCUT2D eigenvalue weighted by molar-refractivity contribution is -0.143. The van der Waals surface area contributed by atoms with E-state index >= 15 is 0 Å². The molecule has 0 radical (unpaired) electrons. The minimum atomic E-state index is -0.585. The first kappa shape index (κ1) is 25.6. The van der Waals surface area contributed by atoms with Crippen LogP contribution in [0.25, 0.3) is 0 Å². The molecular weight excluding hydrogens is 552 g/mol. The molecule has 10 heteroatoms. The number of anilines is 1. The summed E-state index contributed by atoms with van der Waals surface area (Å²) in [5.41, 5.74) is 2.90. The molecule has 35 heavy (non-hydrogen) atoms. The Hall–Kier alpha value is -2.49. The van der Waals surface area contributed by atoms with Crippen molar-refractivity contribution in [1.29, 1.82) is 0 Å². The normalized spacial score (nSPS) is 15.1. The summed E-state index contributed by atoms with van der Waals surface area (Å²) in [5, 5.41) is 9.28. The number of thioether (sulfide) groups is 1. The number of carbonyl (C=O) groups is 1. The quantitative estimate of drug-likeness (QED) is 0.238. The molecule has 1 unspecified atom stereocenters. The Bertz CT molecular complexity index is 1280. The number of hydrogen-bond donors (Lipinski definition) is 1. The zero-order valence-electron chi connectivity index (χ0n) is 19.8. The molecule has 0 saturated carbocycles. The second kappa shape index (κ2) is 11.1. The summed E-state index contributed by atoms with van der Waals surface area (Å²) in [6.07, 6.45) is -0.267. The molecule has 0 fully saturated rings. The second-order valence-electron chi connectivity index (χ2n) is 8.18. The average molecular weight is 578 g/mol. The van der Waals surface area contributed by atoms with Crippen LogP contribution in [0.15, 0.2) is 63.4 Å². The number of hydrogen-bond acceptors (Lipinski definition) is 7. The molecule has 4 rings (SSSR count). The molecule has 7 nitrogen and oxygen atoms in total. The summed E-state index contributed by atoms with van der Waals surface area (Å²) >= 11 is 11.4. The SMILES string of the molecule is CCOc1ccc(Br)cc1C1C(C(=O)OC(C)C)=C(C)Nc2nc(SCc3ccccc3Cl)nn21. The van der Waals surface area contributed by atoms with Gasteiger partial charge < -0.3 is 14.8 Å². The number of carbonyl (C=O) groups excluding carboxylic acids is 1. The molecule has 0 spiro atoms. The Balaban J connectivity index is 1.78. The van der Waals surface area contributed by atoms with Crippen LogP contribution in [0.3, 0.4) is 0 Å². The van der Waals surface area contributed by atoms with Gasteiger partial charge >= 0.3 is 5.97 Å². The Kier molecular flexibility index (Phi) is 8.09. The Labute approximate surface area is 222 Å². The van der Waals surface area contributed by atoms with E-state index in [4.69, 9.17) is 31.2 Å². The molecule has 0 aliphatic carbocycles. The van der Waals surface area contributed by atoms with Crippen molar-refractivity contribution in [2.75, 3.05) is 11.9 Å². The number of nitrogens with one attached hydrogen (secondary N) is 1. The van der Waals surface area contributed by atoms with Crippen LogP contribution in [0.5, 0.6) is 5.75 Å². The smallest absolute Gasteiger partial charge is 0.338 e. The van der Waals surface area contributed by atoms with Crippen molar-refractivity contribution in [2.45, 2.75) is 50.8 Å². The Morgan fingerprint density at radius 1 is 1.29 bits per heavy atom. The summed E-state index contributed by atoms with van der Waals surface area (Å²) in [6, 6.07) is 12.8. The van der Waals surface area contributed by atoms with Gasteiger partial charge in [0, 0.05) is 26.5 Å². The van der Waals surface area contributed by atoms with Crippen molar-refractivity contribution in [3.8, 4) is 5.75 Å². The lowest BCUT2D eigenvalue weighted by atomic mass is 9.95. The summed E-state index contributed by atoms with van der Waals surface area (Å²) in [4.78, 5) is 18.0. The Morgan fingerprint density at radius 3 is 2.77 bits per heavy atom. The highest BCUT2D eigenvalue weighted by Crippen LogP contribution is 2.41. The van der Waals surface area contributed by atoms with E-state index in [1.807, 2.05) is 70.2 Å². The van der Waals surface area contributed by atoms with E-state index in [0.29, 0.717) is 45.5 Å². The van der Waals surface area contributed by atoms with Gasteiger partial charge in [-0.3, -0.25) is 0 Å². The predicted molar refractivity (Wildman–Crippen MR) is 142 cm³/mol. The van der Waals surface area contributed by atoms with Gasteiger partial charge in [-0.25, -0.2) is 9.48 Å². The third-order valence-electron chi connectivity index (χ3n) is 5.28. The molecule has 0 bridgehead atoms. The van der Waals surface area contributed by atoms with Gasteiger partial charge in [-0.15, -0.1) is 5.10 Å². The maximum atomic E-state index is 13.3. The molecule has 1 aliphatic heterocycles. The van der Waals surface area contributed by atoms with Crippen molar-refractivity contribution in [2.24, 2.45) is 0 Å². The van der Waals surface area contributed by atoms with Crippen LogP contribution in [-0.2, 0) is 15.3 Å². The number of halogens is 2. The van der Waals surface area contributed by atoms with Crippen LogP contribution in [0.4, 0.5) is 5.95 Å². The number of esters is 1. The summed E-state index contributed by atoms with van der Waals surface area (Å²) < 4.78 is 14.1. The highest BCUT2D eigenvalue weighted by atomic mass is 79.9. The van der Waals surface area contributed by atoms with Crippen LogP contribution in [0.1, 0.15) is 44.9 Å².